The predicted molar refractivity (Wildman–Crippen MR) is 75.3 cm³/mol. The third kappa shape index (κ3) is 3.69. The summed E-state index contributed by atoms with van der Waals surface area (Å²) in [5.41, 5.74) is 5.96. The van der Waals surface area contributed by atoms with Crippen molar-refractivity contribution in [2.24, 2.45) is 16.6 Å². The molecule has 1 unspecified atom stereocenters. The maximum atomic E-state index is 10.5. The molecule has 1 fully saturated rings. The number of aliphatic imine (C=N–C) groups is 1. The Kier molecular flexibility index (Phi) is 4.54. The monoisotopic (exact) mass is 280 g/mol. The van der Waals surface area contributed by atoms with E-state index in [4.69, 9.17) is 5.73 Å². The van der Waals surface area contributed by atoms with Crippen LogP contribution in [0.1, 0.15) is 19.8 Å². The molecule has 0 aromatic carbocycles. The second-order valence-electron chi connectivity index (χ2n) is 5.15. The van der Waals surface area contributed by atoms with E-state index in [0.717, 1.165) is 19.5 Å². The first-order chi connectivity index (χ1) is 9.56. The van der Waals surface area contributed by atoms with E-state index in [2.05, 4.69) is 21.9 Å². The minimum absolute atomic E-state index is 0.00759. The van der Waals surface area contributed by atoms with Crippen LogP contribution in [0.25, 0.3) is 0 Å². The molecule has 8 heteroatoms. The van der Waals surface area contributed by atoms with E-state index in [-0.39, 0.29) is 5.69 Å². The van der Waals surface area contributed by atoms with Gasteiger partial charge in [-0.2, -0.15) is 5.10 Å². The number of aromatic nitrogens is 2. The Bertz CT molecular complexity index is 498. The van der Waals surface area contributed by atoms with Crippen LogP contribution in [0, 0.1) is 16.0 Å². The number of nitrogens with zero attached hydrogens (tertiary/aromatic N) is 5. The van der Waals surface area contributed by atoms with Gasteiger partial charge in [-0.05, 0) is 18.8 Å². The zero-order chi connectivity index (χ0) is 14.5. The summed E-state index contributed by atoms with van der Waals surface area (Å²) in [5, 5.41) is 14.4. The maximum absolute atomic E-state index is 10.5. The molecule has 1 aliphatic heterocycles. The van der Waals surface area contributed by atoms with E-state index in [1.54, 1.807) is 0 Å². The number of nitrogens with two attached hydrogens (primary N) is 1. The molecule has 1 aromatic rings. The van der Waals surface area contributed by atoms with E-state index in [0.29, 0.717) is 25.0 Å². The van der Waals surface area contributed by atoms with Gasteiger partial charge >= 0.3 is 5.69 Å². The van der Waals surface area contributed by atoms with E-state index >= 15 is 0 Å². The van der Waals surface area contributed by atoms with Crippen LogP contribution >= 0.6 is 0 Å². The minimum Gasteiger partial charge on any atom is -0.370 e. The van der Waals surface area contributed by atoms with E-state index in [9.17, 15) is 10.1 Å². The average Bonchev–Trinajstić information content (AvgIpc) is 2.87. The molecule has 1 saturated heterocycles. The van der Waals surface area contributed by atoms with Gasteiger partial charge in [0.1, 0.15) is 12.4 Å². The molecule has 0 bridgehead atoms. The molecule has 0 aliphatic carbocycles. The summed E-state index contributed by atoms with van der Waals surface area (Å²) >= 11 is 0. The summed E-state index contributed by atoms with van der Waals surface area (Å²) in [6, 6.07) is 0. The van der Waals surface area contributed by atoms with Gasteiger partial charge in [-0.3, -0.25) is 19.8 Å². The van der Waals surface area contributed by atoms with Crippen LogP contribution < -0.4 is 5.73 Å². The predicted octanol–water partition coefficient (Wildman–Crippen LogP) is 0.838. The molecule has 2 heterocycles. The first kappa shape index (κ1) is 14.3. The smallest absolute Gasteiger partial charge is 0.306 e. The zero-order valence-corrected chi connectivity index (χ0v) is 11.6. The Morgan fingerprint density at radius 1 is 1.70 bits per heavy atom. The normalized spacial score (nSPS) is 20.1. The fourth-order valence-electron chi connectivity index (χ4n) is 2.33. The van der Waals surface area contributed by atoms with Gasteiger partial charge in [-0.25, -0.2) is 0 Å². The molecule has 0 amide bonds. The van der Waals surface area contributed by atoms with Gasteiger partial charge in [0.25, 0.3) is 0 Å². The van der Waals surface area contributed by atoms with Crippen molar-refractivity contribution >= 4 is 11.6 Å². The fraction of sp³-hybridized carbons (Fsp3) is 0.667. The molecule has 0 radical (unpaired) electrons. The molecule has 1 aliphatic rings. The van der Waals surface area contributed by atoms with E-state index in [1.165, 1.54) is 23.5 Å². The van der Waals surface area contributed by atoms with Gasteiger partial charge in [-0.15, -0.1) is 0 Å². The highest BCUT2D eigenvalue weighted by molar-refractivity contribution is 5.78. The highest BCUT2D eigenvalue weighted by atomic mass is 16.6. The van der Waals surface area contributed by atoms with Gasteiger partial charge in [-0.1, -0.05) is 6.92 Å². The molecule has 110 valence electrons. The number of likely N-dealkylation sites (tertiary alicyclic amines) is 1. The van der Waals surface area contributed by atoms with Gasteiger partial charge in [0.05, 0.1) is 18.0 Å². The minimum atomic E-state index is -0.462. The number of rotatable bonds is 4. The number of hydrogen-bond acceptors (Lipinski definition) is 4. The van der Waals surface area contributed by atoms with Crippen molar-refractivity contribution in [2.45, 2.75) is 26.3 Å². The lowest BCUT2D eigenvalue weighted by Gasteiger charge is -2.31. The molecule has 2 rings (SSSR count). The van der Waals surface area contributed by atoms with Crippen LogP contribution in [-0.2, 0) is 6.54 Å². The molecule has 0 saturated carbocycles. The van der Waals surface area contributed by atoms with Crippen LogP contribution in [0.2, 0.25) is 0 Å². The number of hydrogen-bond donors (Lipinski definition) is 1. The van der Waals surface area contributed by atoms with Gasteiger partial charge < -0.3 is 10.6 Å². The first-order valence-corrected chi connectivity index (χ1v) is 6.78. The molecule has 1 aromatic heterocycles. The molecule has 0 spiro atoms. The van der Waals surface area contributed by atoms with E-state index in [1.807, 2.05) is 0 Å². The van der Waals surface area contributed by atoms with Crippen molar-refractivity contribution in [1.29, 1.82) is 0 Å². The third-order valence-corrected chi connectivity index (χ3v) is 3.41. The lowest BCUT2D eigenvalue weighted by molar-refractivity contribution is -0.385. The Morgan fingerprint density at radius 3 is 3.15 bits per heavy atom. The largest absolute Gasteiger partial charge is 0.370 e. The SMILES string of the molecule is CC1CCCN(C(N)=NCCn2cc([N+](=O)[O-])cn2)C1. The quantitative estimate of drug-likeness (QED) is 0.381. The molecule has 8 nitrogen and oxygen atoms in total. The summed E-state index contributed by atoms with van der Waals surface area (Å²) in [5.74, 6) is 1.20. The summed E-state index contributed by atoms with van der Waals surface area (Å²) in [6.07, 6.45) is 5.01. The van der Waals surface area contributed by atoms with Gasteiger partial charge in [0, 0.05) is 13.1 Å². The van der Waals surface area contributed by atoms with Crippen molar-refractivity contribution in [2.75, 3.05) is 19.6 Å². The van der Waals surface area contributed by atoms with Crippen molar-refractivity contribution < 1.29 is 4.92 Å². The Labute approximate surface area is 117 Å². The summed E-state index contributed by atoms with van der Waals surface area (Å²) < 4.78 is 1.51. The molecule has 20 heavy (non-hydrogen) atoms. The Morgan fingerprint density at radius 2 is 2.50 bits per heavy atom. The first-order valence-electron chi connectivity index (χ1n) is 6.78. The summed E-state index contributed by atoms with van der Waals surface area (Å²) in [7, 11) is 0. The summed E-state index contributed by atoms with van der Waals surface area (Å²) in [4.78, 5) is 16.5. The highest BCUT2D eigenvalue weighted by Crippen LogP contribution is 2.14. The second kappa shape index (κ2) is 6.36. The zero-order valence-electron chi connectivity index (χ0n) is 11.6. The van der Waals surface area contributed by atoms with Crippen molar-refractivity contribution in [1.82, 2.24) is 14.7 Å². The maximum Gasteiger partial charge on any atom is 0.306 e. The highest BCUT2D eigenvalue weighted by Gasteiger charge is 2.17. The standard InChI is InChI=1S/C12H20N6O2/c1-10-3-2-5-16(8-10)12(13)14-4-6-17-9-11(7-15-17)18(19)20/h7,9-10H,2-6,8H2,1H3,(H2,13,14). The van der Waals surface area contributed by atoms with Crippen LogP contribution in [0.15, 0.2) is 17.4 Å². The third-order valence-electron chi connectivity index (χ3n) is 3.41. The van der Waals surface area contributed by atoms with Crippen molar-refractivity contribution in [3.05, 3.63) is 22.5 Å². The topological polar surface area (TPSA) is 103 Å². The molecular formula is C12H20N6O2. The molecule has 2 N–H and O–H groups in total. The average molecular weight is 280 g/mol. The summed E-state index contributed by atoms with van der Waals surface area (Å²) in [6.45, 7) is 5.06. The van der Waals surface area contributed by atoms with Crippen LogP contribution in [-0.4, -0.2) is 45.2 Å². The van der Waals surface area contributed by atoms with Crippen LogP contribution in [0.5, 0.6) is 0 Å². The fourth-order valence-corrected chi connectivity index (χ4v) is 2.33. The second-order valence-corrected chi connectivity index (χ2v) is 5.15. The number of guanidine groups is 1. The van der Waals surface area contributed by atoms with Crippen LogP contribution in [0.4, 0.5) is 5.69 Å². The number of piperidine rings is 1. The molecular weight excluding hydrogens is 260 g/mol. The van der Waals surface area contributed by atoms with Crippen molar-refractivity contribution in [3.63, 3.8) is 0 Å². The Hall–Kier alpha value is -2.12. The van der Waals surface area contributed by atoms with Gasteiger partial charge in [0.15, 0.2) is 5.96 Å². The van der Waals surface area contributed by atoms with E-state index < -0.39 is 4.92 Å². The lowest BCUT2D eigenvalue weighted by Crippen LogP contribution is -2.43. The molecule has 1 atom stereocenters. The lowest BCUT2D eigenvalue weighted by atomic mass is 10.0. The van der Waals surface area contributed by atoms with Crippen molar-refractivity contribution in [3.8, 4) is 0 Å². The van der Waals surface area contributed by atoms with Gasteiger partial charge in [0.2, 0.25) is 0 Å². The Balaban J connectivity index is 1.83. The van der Waals surface area contributed by atoms with Crippen LogP contribution in [0.3, 0.4) is 0 Å². The number of nitro groups is 1.